The molecule has 1 atom stereocenters. The van der Waals surface area contributed by atoms with Gasteiger partial charge in [0.05, 0.1) is 24.0 Å². The number of nitrogens with zero attached hydrogens (tertiary/aromatic N) is 4. The van der Waals surface area contributed by atoms with Crippen LogP contribution in [0.4, 0.5) is 20.6 Å². The molecular weight excluding hydrogens is 471 g/mol. The molecule has 0 saturated carbocycles. The largest absolute Gasteiger partial charge is 0.332 e. The Morgan fingerprint density at radius 2 is 1.76 bits per heavy atom. The van der Waals surface area contributed by atoms with Crippen molar-refractivity contribution in [3.05, 3.63) is 89.5 Å². The number of carbonyl (C=O) groups excluding carboxylic acids is 3. The summed E-state index contributed by atoms with van der Waals surface area (Å²) in [6.45, 7) is 3.85. The zero-order valence-corrected chi connectivity index (χ0v) is 20.6. The van der Waals surface area contributed by atoms with E-state index in [0.29, 0.717) is 23.2 Å². The van der Waals surface area contributed by atoms with Gasteiger partial charge in [0.25, 0.3) is 5.91 Å². The number of hydrogen-bond acceptors (Lipinski definition) is 4. The Labute approximate surface area is 214 Å². The van der Waals surface area contributed by atoms with E-state index >= 15 is 4.39 Å². The number of hydrogen-bond donors (Lipinski definition) is 0. The molecule has 4 amide bonds. The third-order valence-electron chi connectivity index (χ3n) is 6.85. The molecule has 0 spiro atoms. The number of fused-ring (bicyclic) bond motifs is 1. The summed E-state index contributed by atoms with van der Waals surface area (Å²) in [6, 6.07) is 15.1. The van der Waals surface area contributed by atoms with Crippen molar-refractivity contribution in [2.75, 3.05) is 22.9 Å². The number of anilines is 2. The fraction of sp³-hybridized carbons (Fsp3) is 0.241. The van der Waals surface area contributed by atoms with Crippen molar-refractivity contribution in [1.82, 2.24) is 9.88 Å². The molecule has 0 aliphatic carbocycles. The van der Waals surface area contributed by atoms with Crippen LogP contribution < -0.4 is 9.80 Å². The lowest BCUT2D eigenvalue weighted by Gasteiger charge is -2.51. The van der Waals surface area contributed by atoms with Gasteiger partial charge in [0, 0.05) is 30.4 Å². The number of halogens is 1. The van der Waals surface area contributed by atoms with Crippen LogP contribution in [0.15, 0.2) is 67.0 Å². The molecule has 2 aliphatic heterocycles. The SMILES string of the molecule is CCc1cc(C#Cc2ccccc2)cc(F)c1N1C(=O)CC2(C)C(=O)N(c3cccnc3)CCN2C1=O. The van der Waals surface area contributed by atoms with Crippen LogP contribution in [-0.4, -0.2) is 46.4 Å². The van der Waals surface area contributed by atoms with Gasteiger partial charge in [-0.05, 0) is 55.3 Å². The highest BCUT2D eigenvalue weighted by Gasteiger charge is 2.55. The van der Waals surface area contributed by atoms with Gasteiger partial charge in [0.15, 0.2) is 0 Å². The minimum Gasteiger partial charge on any atom is -0.307 e. The number of piperazine rings is 1. The van der Waals surface area contributed by atoms with Gasteiger partial charge in [-0.1, -0.05) is 37.0 Å². The van der Waals surface area contributed by atoms with Crippen molar-refractivity contribution in [2.45, 2.75) is 32.2 Å². The quantitative estimate of drug-likeness (QED) is 0.511. The molecule has 0 N–H and O–H groups in total. The number of aryl methyl sites for hydroxylation is 1. The molecule has 2 fully saturated rings. The molecule has 7 nitrogen and oxygen atoms in total. The summed E-state index contributed by atoms with van der Waals surface area (Å²) in [6.07, 6.45) is 3.30. The molecule has 1 unspecified atom stereocenters. The Morgan fingerprint density at radius 3 is 2.46 bits per heavy atom. The number of amides is 4. The summed E-state index contributed by atoms with van der Waals surface area (Å²) >= 11 is 0. The second kappa shape index (κ2) is 9.51. The van der Waals surface area contributed by atoms with Gasteiger partial charge < -0.3 is 9.80 Å². The van der Waals surface area contributed by atoms with Crippen LogP contribution in [0, 0.1) is 17.7 Å². The Balaban J connectivity index is 1.47. The molecule has 37 heavy (non-hydrogen) atoms. The fourth-order valence-corrected chi connectivity index (χ4v) is 4.93. The highest BCUT2D eigenvalue weighted by Crippen LogP contribution is 2.38. The van der Waals surface area contributed by atoms with Crippen LogP contribution in [0.25, 0.3) is 0 Å². The van der Waals surface area contributed by atoms with Gasteiger partial charge in [-0.2, -0.15) is 0 Å². The average Bonchev–Trinajstić information content (AvgIpc) is 2.90. The number of aromatic nitrogens is 1. The molecular formula is C29H25FN4O3. The standard InChI is InChI=1S/C29H25FN4O3/c1-3-22-16-21(12-11-20-8-5-4-6-9-20)17-24(30)26(22)34-25(35)18-29(2)27(36)32(14-15-33(29)28(34)37)23-10-7-13-31-19-23/h4-10,13,16-17,19H,3,14-15,18H2,1-2H3. The predicted octanol–water partition coefficient (Wildman–Crippen LogP) is 4.15. The number of urea groups is 1. The Morgan fingerprint density at radius 1 is 1.00 bits per heavy atom. The van der Waals surface area contributed by atoms with E-state index in [0.717, 1.165) is 10.5 Å². The van der Waals surface area contributed by atoms with Crippen molar-refractivity contribution >= 4 is 29.2 Å². The van der Waals surface area contributed by atoms with Crippen molar-refractivity contribution < 1.29 is 18.8 Å². The summed E-state index contributed by atoms with van der Waals surface area (Å²) in [7, 11) is 0. The molecule has 0 radical (unpaired) electrons. The van der Waals surface area contributed by atoms with Crippen molar-refractivity contribution in [3.8, 4) is 11.8 Å². The number of pyridine rings is 1. The van der Waals surface area contributed by atoms with Crippen LogP contribution in [0.1, 0.15) is 37.0 Å². The number of carbonyl (C=O) groups is 3. The zero-order valence-electron chi connectivity index (χ0n) is 20.6. The summed E-state index contributed by atoms with van der Waals surface area (Å²) in [4.78, 5) is 48.4. The van der Waals surface area contributed by atoms with E-state index < -0.39 is 23.3 Å². The van der Waals surface area contributed by atoms with Gasteiger partial charge in [-0.3, -0.25) is 14.6 Å². The first-order chi connectivity index (χ1) is 17.8. The molecule has 186 valence electrons. The fourth-order valence-electron chi connectivity index (χ4n) is 4.93. The van der Waals surface area contributed by atoms with Crippen molar-refractivity contribution in [1.29, 1.82) is 0 Å². The monoisotopic (exact) mass is 496 g/mol. The average molecular weight is 497 g/mol. The summed E-state index contributed by atoms with van der Waals surface area (Å²) in [5.74, 6) is 4.27. The highest BCUT2D eigenvalue weighted by molar-refractivity contribution is 6.21. The van der Waals surface area contributed by atoms with Crippen LogP contribution in [0.3, 0.4) is 0 Å². The normalized spacial score (nSPS) is 19.4. The van der Waals surface area contributed by atoms with Gasteiger partial charge in [0.2, 0.25) is 5.91 Å². The van der Waals surface area contributed by atoms with Gasteiger partial charge >= 0.3 is 6.03 Å². The number of rotatable bonds is 3. The minimum absolute atomic E-state index is 0.0769. The molecule has 3 heterocycles. The topological polar surface area (TPSA) is 73.8 Å². The maximum absolute atomic E-state index is 15.5. The minimum atomic E-state index is -1.37. The lowest BCUT2D eigenvalue weighted by Crippen LogP contribution is -2.72. The molecule has 2 saturated heterocycles. The van der Waals surface area contributed by atoms with E-state index in [2.05, 4.69) is 16.8 Å². The molecule has 2 aliphatic rings. The van der Waals surface area contributed by atoms with E-state index in [-0.39, 0.29) is 31.1 Å². The molecule has 2 aromatic carbocycles. The van der Waals surface area contributed by atoms with Gasteiger partial charge in [-0.25, -0.2) is 14.1 Å². The third-order valence-corrected chi connectivity index (χ3v) is 6.85. The maximum Gasteiger partial charge on any atom is 0.332 e. The number of benzene rings is 2. The third kappa shape index (κ3) is 4.23. The molecule has 3 aromatic rings. The smallest absolute Gasteiger partial charge is 0.307 e. The molecule has 5 rings (SSSR count). The van der Waals surface area contributed by atoms with Crippen molar-refractivity contribution in [3.63, 3.8) is 0 Å². The van der Waals surface area contributed by atoms with Crippen LogP contribution >= 0.6 is 0 Å². The molecule has 8 heteroatoms. The van der Waals surface area contributed by atoms with E-state index in [1.807, 2.05) is 37.3 Å². The highest BCUT2D eigenvalue weighted by atomic mass is 19.1. The summed E-state index contributed by atoms with van der Waals surface area (Å²) in [5, 5.41) is 0. The first-order valence-electron chi connectivity index (χ1n) is 12.1. The lowest BCUT2D eigenvalue weighted by molar-refractivity contribution is -0.137. The van der Waals surface area contributed by atoms with Gasteiger partial charge in [0.1, 0.15) is 11.4 Å². The Kier molecular flexibility index (Phi) is 6.22. The van der Waals surface area contributed by atoms with Crippen molar-refractivity contribution in [2.24, 2.45) is 0 Å². The Hall–Kier alpha value is -4.51. The van der Waals surface area contributed by atoms with Crippen LogP contribution in [0.5, 0.6) is 0 Å². The predicted molar refractivity (Wildman–Crippen MR) is 137 cm³/mol. The van der Waals surface area contributed by atoms with E-state index in [9.17, 15) is 14.4 Å². The summed E-state index contributed by atoms with van der Waals surface area (Å²) in [5.41, 5.74) is 0.879. The zero-order chi connectivity index (χ0) is 26.2. The molecule has 0 bridgehead atoms. The van der Waals surface area contributed by atoms with Crippen LogP contribution in [0.2, 0.25) is 0 Å². The van der Waals surface area contributed by atoms with E-state index in [1.54, 1.807) is 37.5 Å². The second-order valence-corrected chi connectivity index (χ2v) is 9.22. The van der Waals surface area contributed by atoms with E-state index in [4.69, 9.17) is 0 Å². The Bertz CT molecular complexity index is 1450. The first kappa shape index (κ1) is 24.2. The maximum atomic E-state index is 15.5. The van der Waals surface area contributed by atoms with Crippen LogP contribution in [-0.2, 0) is 16.0 Å². The first-order valence-corrected chi connectivity index (χ1v) is 12.1. The van der Waals surface area contributed by atoms with Gasteiger partial charge in [-0.15, -0.1) is 0 Å². The lowest BCUT2D eigenvalue weighted by atomic mass is 9.87. The number of imide groups is 1. The summed E-state index contributed by atoms with van der Waals surface area (Å²) < 4.78 is 15.5. The van der Waals surface area contributed by atoms with E-state index in [1.165, 1.54) is 15.9 Å². The second-order valence-electron chi connectivity index (χ2n) is 9.22. The molecule has 1 aromatic heterocycles.